The molecule has 16 heavy (non-hydrogen) atoms. The number of hydrogen-bond acceptors (Lipinski definition) is 2. The number of nitriles is 1. The highest BCUT2D eigenvalue weighted by Gasteiger charge is 2.20. The van der Waals surface area contributed by atoms with Crippen molar-refractivity contribution in [2.75, 3.05) is 0 Å². The van der Waals surface area contributed by atoms with Gasteiger partial charge in [0.25, 0.3) is 0 Å². The summed E-state index contributed by atoms with van der Waals surface area (Å²) in [4.78, 5) is 3.60. The van der Waals surface area contributed by atoms with Crippen molar-refractivity contribution in [1.29, 1.82) is 5.26 Å². The first-order valence-corrected chi connectivity index (χ1v) is 5.70. The zero-order chi connectivity index (χ0) is 12.0. The van der Waals surface area contributed by atoms with E-state index in [0.29, 0.717) is 5.84 Å². The van der Waals surface area contributed by atoms with Crippen molar-refractivity contribution in [2.45, 2.75) is 26.1 Å². The number of aliphatic imine (C=N–C) groups is 1. The molecule has 0 aliphatic heterocycles. The van der Waals surface area contributed by atoms with Gasteiger partial charge in [-0.2, -0.15) is 10.3 Å². The van der Waals surface area contributed by atoms with Gasteiger partial charge in [0.2, 0.25) is 6.19 Å². The Morgan fingerprint density at radius 1 is 1.69 bits per heavy atom. The van der Waals surface area contributed by atoms with Crippen molar-refractivity contribution < 1.29 is 0 Å². The van der Waals surface area contributed by atoms with Crippen LogP contribution in [0.15, 0.2) is 29.3 Å². The Bertz CT molecular complexity index is 365. The third-order valence-electron chi connectivity index (χ3n) is 2.95. The van der Waals surface area contributed by atoms with Crippen LogP contribution in [0, 0.1) is 22.8 Å². The van der Waals surface area contributed by atoms with E-state index in [1.165, 1.54) is 0 Å². The molecule has 2 unspecified atom stereocenters. The van der Waals surface area contributed by atoms with Crippen molar-refractivity contribution in [3.63, 3.8) is 0 Å². The Hall–Kier alpha value is -1.50. The molecule has 0 bridgehead atoms. The highest BCUT2D eigenvalue weighted by atomic mass is 14.9. The largest absolute Gasteiger partial charge is 0.386 e. The Morgan fingerprint density at radius 3 is 3.06 bits per heavy atom. The molecule has 2 N–H and O–H groups in total. The molecule has 0 aromatic carbocycles. The van der Waals surface area contributed by atoms with Crippen LogP contribution in [0.2, 0.25) is 6.32 Å². The quantitative estimate of drug-likeness (QED) is 0.254. The summed E-state index contributed by atoms with van der Waals surface area (Å²) in [5.41, 5.74) is 5.85. The lowest BCUT2D eigenvalue weighted by molar-refractivity contribution is 0.530. The molecule has 1 aliphatic rings. The van der Waals surface area contributed by atoms with Gasteiger partial charge in [-0.1, -0.05) is 37.5 Å². The van der Waals surface area contributed by atoms with Crippen molar-refractivity contribution in [3.05, 3.63) is 24.3 Å². The minimum Gasteiger partial charge on any atom is -0.386 e. The molecular formula is C12H18BN3. The minimum atomic E-state index is 0.0644. The zero-order valence-electron chi connectivity index (χ0n) is 9.98. The third-order valence-corrected chi connectivity index (χ3v) is 2.95. The average molecular weight is 215 g/mol. The van der Waals surface area contributed by atoms with Crippen LogP contribution in [0.25, 0.3) is 0 Å². The Balaban J connectivity index is 2.82. The molecular weight excluding hydrogens is 197 g/mol. The molecule has 0 aromatic rings. The molecule has 4 heteroatoms. The monoisotopic (exact) mass is 215 g/mol. The maximum Gasteiger partial charge on any atom is 0.207 e. The van der Waals surface area contributed by atoms with E-state index < -0.39 is 0 Å². The maximum absolute atomic E-state index is 8.46. The van der Waals surface area contributed by atoms with Gasteiger partial charge in [-0.15, -0.1) is 0 Å². The van der Waals surface area contributed by atoms with Crippen LogP contribution in [0.4, 0.5) is 0 Å². The second-order valence-electron chi connectivity index (χ2n) is 4.50. The fourth-order valence-electron chi connectivity index (χ4n) is 2.02. The summed E-state index contributed by atoms with van der Waals surface area (Å²) in [5.74, 6) is 0.471. The van der Waals surface area contributed by atoms with E-state index >= 15 is 0 Å². The molecule has 84 valence electrons. The summed E-state index contributed by atoms with van der Waals surface area (Å²) >= 11 is 0. The second kappa shape index (κ2) is 5.55. The summed E-state index contributed by atoms with van der Waals surface area (Å²) in [7, 11) is 2.18. The van der Waals surface area contributed by atoms with Crippen molar-refractivity contribution in [2.24, 2.45) is 22.1 Å². The lowest BCUT2D eigenvalue weighted by atomic mass is 9.80. The molecule has 1 rings (SSSR count). The van der Waals surface area contributed by atoms with E-state index in [1.807, 2.05) is 0 Å². The maximum atomic E-state index is 8.46. The predicted octanol–water partition coefficient (Wildman–Crippen LogP) is 1.40. The van der Waals surface area contributed by atoms with E-state index in [9.17, 15) is 0 Å². The highest BCUT2D eigenvalue weighted by molar-refractivity contribution is 6.08. The van der Waals surface area contributed by atoms with Crippen molar-refractivity contribution >= 4 is 13.7 Å². The van der Waals surface area contributed by atoms with E-state index in [1.54, 1.807) is 6.19 Å². The Kier molecular flexibility index (Phi) is 4.36. The third kappa shape index (κ3) is 3.27. The molecule has 2 atom stereocenters. The first kappa shape index (κ1) is 12.6. The first-order valence-electron chi connectivity index (χ1n) is 5.70. The predicted molar refractivity (Wildman–Crippen MR) is 69.7 cm³/mol. The van der Waals surface area contributed by atoms with Crippen LogP contribution in [0.1, 0.15) is 19.8 Å². The van der Waals surface area contributed by atoms with Crippen LogP contribution in [-0.2, 0) is 0 Å². The summed E-state index contributed by atoms with van der Waals surface area (Å²) < 4.78 is 0. The number of nitrogens with two attached hydrogens (primary N) is 1. The molecule has 0 amide bonds. The van der Waals surface area contributed by atoms with E-state index in [0.717, 1.165) is 19.2 Å². The van der Waals surface area contributed by atoms with E-state index in [-0.39, 0.29) is 11.3 Å². The number of nitrogens with zero attached hydrogens (tertiary/aromatic N) is 2. The zero-order valence-corrected chi connectivity index (χ0v) is 9.98. The molecule has 0 radical (unpaired) electrons. The van der Waals surface area contributed by atoms with Crippen LogP contribution >= 0.6 is 0 Å². The van der Waals surface area contributed by atoms with Crippen LogP contribution in [-0.4, -0.2) is 13.7 Å². The summed E-state index contributed by atoms with van der Waals surface area (Å²) in [6.07, 6.45) is 13.5. The Labute approximate surface area is 98.1 Å². The van der Waals surface area contributed by atoms with Crippen LogP contribution < -0.4 is 5.73 Å². The second-order valence-corrected chi connectivity index (χ2v) is 4.50. The van der Waals surface area contributed by atoms with Gasteiger partial charge in [-0.3, -0.25) is 0 Å². The molecule has 0 spiro atoms. The number of rotatable bonds is 3. The summed E-state index contributed by atoms with van der Waals surface area (Å²) in [5, 5.41) is 8.46. The fourth-order valence-corrected chi connectivity index (χ4v) is 2.02. The highest BCUT2D eigenvalue weighted by Crippen LogP contribution is 2.30. The first-order chi connectivity index (χ1) is 7.61. The molecule has 0 fully saturated rings. The van der Waals surface area contributed by atoms with Gasteiger partial charge in [0.1, 0.15) is 13.7 Å². The Morgan fingerprint density at radius 2 is 2.44 bits per heavy atom. The summed E-state index contributed by atoms with van der Waals surface area (Å²) in [6, 6.07) is 0. The average Bonchev–Trinajstić information content (AvgIpc) is 2.41. The van der Waals surface area contributed by atoms with Gasteiger partial charge in [0, 0.05) is 11.3 Å². The number of amidine groups is 1. The van der Waals surface area contributed by atoms with Gasteiger partial charge in [-0.25, -0.2) is 0 Å². The van der Waals surface area contributed by atoms with Crippen molar-refractivity contribution in [3.8, 4) is 6.19 Å². The lowest BCUT2D eigenvalue weighted by Gasteiger charge is -2.20. The van der Waals surface area contributed by atoms with Gasteiger partial charge in [-0.05, 0) is 12.8 Å². The molecule has 0 saturated heterocycles. The molecule has 0 heterocycles. The van der Waals surface area contributed by atoms with Crippen molar-refractivity contribution in [1.82, 2.24) is 0 Å². The smallest absolute Gasteiger partial charge is 0.207 e. The molecule has 3 nitrogen and oxygen atoms in total. The standard InChI is InChI=1S/C12H18BN3/c1-12(7-8-13)5-2-3-10(4-6-12)11(15)16-9-14/h2,4-6,10H,3,7-8,13H2,1H3,(H2,15,16). The van der Waals surface area contributed by atoms with Gasteiger partial charge < -0.3 is 5.73 Å². The van der Waals surface area contributed by atoms with Gasteiger partial charge in [0.05, 0.1) is 0 Å². The minimum absolute atomic E-state index is 0.0644. The summed E-state index contributed by atoms with van der Waals surface area (Å²) in [6.45, 7) is 2.21. The van der Waals surface area contributed by atoms with Gasteiger partial charge in [0.15, 0.2) is 0 Å². The van der Waals surface area contributed by atoms with Crippen LogP contribution in [0.5, 0.6) is 0 Å². The fraction of sp³-hybridized carbons (Fsp3) is 0.500. The van der Waals surface area contributed by atoms with Gasteiger partial charge >= 0.3 is 0 Å². The van der Waals surface area contributed by atoms with Crippen LogP contribution in [0.3, 0.4) is 0 Å². The van der Waals surface area contributed by atoms with E-state index in [4.69, 9.17) is 11.0 Å². The number of hydrogen-bond donors (Lipinski definition) is 1. The molecule has 0 saturated carbocycles. The molecule has 1 aliphatic carbocycles. The van der Waals surface area contributed by atoms with E-state index in [2.05, 4.69) is 44.1 Å². The topological polar surface area (TPSA) is 62.2 Å². The normalized spacial score (nSPS) is 29.8. The molecule has 0 aromatic heterocycles. The lowest BCUT2D eigenvalue weighted by Crippen LogP contribution is -2.21. The SMILES string of the molecule is BCCC1(C)C=CCC(/C(N)=N\C#N)C=C1. The number of allylic oxidation sites excluding steroid dienone is 3.